The number of ether oxygens (including phenoxy) is 2. The summed E-state index contributed by atoms with van der Waals surface area (Å²) in [6, 6.07) is 5.04. The minimum absolute atomic E-state index is 0.140. The Labute approximate surface area is 94.6 Å². The maximum Gasteiger partial charge on any atom is 0.165 e. The highest BCUT2D eigenvalue weighted by atomic mass is 19.1. The summed E-state index contributed by atoms with van der Waals surface area (Å²) in [7, 11) is 1.46. The second kappa shape index (κ2) is 5.27. The SMILES string of the molecule is COc1ccc(C[C@@H]2CNCCO2)cc1F. The molecule has 1 aromatic rings. The van der Waals surface area contributed by atoms with E-state index in [0.29, 0.717) is 0 Å². The number of benzene rings is 1. The molecule has 0 spiro atoms. The molecule has 0 amide bonds. The van der Waals surface area contributed by atoms with Gasteiger partial charge in [-0.1, -0.05) is 6.07 Å². The topological polar surface area (TPSA) is 30.5 Å². The van der Waals surface area contributed by atoms with Crippen LogP contribution in [0.1, 0.15) is 5.56 Å². The summed E-state index contributed by atoms with van der Waals surface area (Å²) >= 11 is 0. The molecule has 0 saturated carbocycles. The average molecular weight is 225 g/mol. The smallest absolute Gasteiger partial charge is 0.165 e. The van der Waals surface area contributed by atoms with Crippen molar-refractivity contribution in [1.29, 1.82) is 0 Å². The van der Waals surface area contributed by atoms with Gasteiger partial charge in [0.25, 0.3) is 0 Å². The Hall–Kier alpha value is -1.13. The minimum Gasteiger partial charge on any atom is -0.494 e. The molecule has 1 atom stereocenters. The quantitative estimate of drug-likeness (QED) is 0.842. The Morgan fingerprint density at radius 1 is 1.56 bits per heavy atom. The molecule has 1 saturated heterocycles. The van der Waals surface area contributed by atoms with Crippen molar-refractivity contribution in [2.24, 2.45) is 0 Å². The lowest BCUT2D eigenvalue weighted by molar-refractivity contribution is 0.0292. The summed E-state index contributed by atoms with van der Waals surface area (Å²) in [5, 5.41) is 3.25. The lowest BCUT2D eigenvalue weighted by atomic mass is 10.1. The molecule has 4 heteroatoms. The molecule has 0 unspecified atom stereocenters. The third-order valence-electron chi connectivity index (χ3n) is 2.68. The highest BCUT2D eigenvalue weighted by molar-refractivity contribution is 5.29. The van der Waals surface area contributed by atoms with Crippen molar-refractivity contribution in [2.45, 2.75) is 12.5 Å². The number of halogens is 1. The molecule has 88 valence electrons. The van der Waals surface area contributed by atoms with Crippen LogP contribution in [0.4, 0.5) is 4.39 Å². The summed E-state index contributed by atoms with van der Waals surface area (Å²) in [5.74, 6) is -0.0322. The van der Waals surface area contributed by atoms with E-state index in [4.69, 9.17) is 9.47 Å². The molecule has 3 nitrogen and oxygen atoms in total. The van der Waals surface area contributed by atoms with Gasteiger partial charge in [0, 0.05) is 13.1 Å². The Kier molecular flexibility index (Phi) is 3.74. The van der Waals surface area contributed by atoms with Crippen molar-refractivity contribution in [2.75, 3.05) is 26.8 Å². The fourth-order valence-electron chi connectivity index (χ4n) is 1.85. The molecule has 16 heavy (non-hydrogen) atoms. The van der Waals surface area contributed by atoms with Crippen LogP contribution in [0.25, 0.3) is 0 Å². The number of nitrogens with one attached hydrogen (secondary N) is 1. The molecule has 0 aromatic heterocycles. The van der Waals surface area contributed by atoms with Gasteiger partial charge in [-0.2, -0.15) is 0 Å². The van der Waals surface area contributed by atoms with E-state index in [1.165, 1.54) is 13.2 Å². The Balaban J connectivity index is 2.01. The molecule has 1 N–H and O–H groups in total. The van der Waals surface area contributed by atoms with E-state index in [9.17, 15) is 4.39 Å². The molecule has 1 aromatic carbocycles. The van der Waals surface area contributed by atoms with E-state index >= 15 is 0 Å². The van der Waals surface area contributed by atoms with Crippen molar-refractivity contribution < 1.29 is 13.9 Å². The first kappa shape index (κ1) is 11.4. The molecule has 1 aliphatic rings. The summed E-state index contributed by atoms with van der Waals surface area (Å²) in [5.41, 5.74) is 0.937. The van der Waals surface area contributed by atoms with Crippen LogP contribution in [0.3, 0.4) is 0 Å². The highest BCUT2D eigenvalue weighted by Gasteiger charge is 2.14. The van der Waals surface area contributed by atoms with Crippen LogP contribution >= 0.6 is 0 Å². The van der Waals surface area contributed by atoms with Crippen molar-refractivity contribution in [3.8, 4) is 5.75 Å². The zero-order chi connectivity index (χ0) is 11.4. The lowest BCUT2D eigenvalue weighted by Gasteiger charge is -2.23. The van der Waals surface area contributed by atoms with Gasteiger partial charge in [0.2, 0.25) is 0 Å². The first-order chi connectivity index (χ1) is 7.79. The molecule has 1 fully saturated rings. The summed E-state index contributed by atoms with van der Waals surface area (Å²) in [6.07, 6.45) is 0.870. The molecule has 0 aliphatic carbocycles. The van der Waals surface area contributed by atoms with Crippen LogP contribution in [0.5, 0.6) is 5.75 Å². The number of hydrogen-bond acceptors (Lipinski definition) is 3. The first-order valence-corrected chi connectivity index (χ1v) is 5.44. The maximum absolute atomic E-state index is 13.4. The average Bonchev–Trinajstić information content (AvgIpc) is 2.31. The molecule has 1 aliphatic heterocycles. The van der Waals surface area contributed by atoms with Gasteiger partial charge in [-0.15, -0.1) is 0 Å². The predicted octanol–water partition coefficient (Wildman–Crippen LogP) is 1.37. The van der Waals surface area contributed by atoms with Crippen LogP contribution in [0.15, 0.2) is 18.2 Å². The van der Waals surface area contributed by atoms with Gasteiger partial charge in [0.15, 0.2) is 11.6 Å². The highest BCUT2D eigenvalue weighted by Crippen LogP contribution is 2.19. The van der Waals surface area contributed by atoms with Gasteiger partial charge in [0.1, 0.15) is 0 Å². The van der Waals surface area contributed by atoms with Crippen LogP contribution < -0.4 is 10.1 Å². The minimum atomic E-state index is -0.316. The normalized spacial score (nSPS) is 20.8. The summed E-state index contributed by atoms with van der Waals surface area (Å²) in [6.45, 7) is 2.45. The Bertz CT molecular complexity index is 351. The van der Waals surface area contributed by atoms with Crippen LogP contribution in [-0.2, 0) is 11.2 Å². The van der Waals surface area contributed by atoms with Gasteiger partial charge in [0.05, 0.1) is 19.8 Å². The lowest BCUT2D eigenvalue weighted by Crippen LogP contribution is -2.39. The Morgan fingerprint density at radius 2 is 2.44 bits per heavy atom. The monoisotopic (exact) mass is 225 g/mol. The van der Waals surface area contributed by atoms with E-state index in [2.05, 4.69) is 5.32 Å². The molecular weight excluding hydrogens is 209 g/mol. The van der Waals surface area contributed by atoms with E-state index in [-0.39, 0.29) is 17.7 Å². The molecular formula is C12H16FNO2. The van der Waals surface area contributed by atoms with E-state index in [1.54, 1.807) is 6.07 Å². The van der Waals surface area contributed by atoms with Crippen molar-refractivity contribution in [3.05, 3.63) is 29.6 Å². The fraction of sp³-hybridized carbons (Fsp3) is 0.500. The van der Waals surface area contributed by atoms with E-state index < -0.39 is 0 Å². The largest absolute Gasteiger partial charge is 0.494 e. The van der Waals surface area contributed by atoms with Crippen molar-refractivity contribution >= 4 is 0 Å². The maximum atomic E-state index is 13.4. The zero-order valence-electron chi connectivity index (χ0n) is 9.33. The predicted molar refractivity (Wildman–Crippen MR) is 59.3 cm³/mol. The second-order valence-electron chi connectivity index (χ2n) is 3.87. The zero-order valence-corrected chi connectivity index (χ0v) is 9.33. The van der Waals surface area contributed by atoms with Gasteiger partial charge < -0.3 is 14.8 Å². The van der Waals surface area contributed by atoms with Gasteiger partial charge in [-0.3, -0.25) is 0 Å². The number of morpholine rings is 1. The number of methoxy groups -OCH3 is 1. The molecule has 0 bridgehead atoms. The van der Waals surface area contributed by atoms with Crippen LogP contribution in [0.2, 0.25) is 0 Å². The van der Waals surface area contributed by atoms with Crippen LogP contribution in [-0.4, -0.2) is 32.9 Å². The number of hydrogen-bond donors (Lipinski definition) is 1. The first-order valence-electron chi connectivity index (χ1n) is 5.44. The molecule has 1 heterocycles. The molecule has 2 rings (SSSR count). The van der Waals surface area contributed by atoms with Gasteiger partial charge in [-0.25, -0.2) is 4.39 Å². The third kappa shape index (κ3) is 2.71. The fourth-order valence-corrected chi connectivity index (χ4v) is 1.85. The van der Waals surface area contributed by atoms with E-state index in [1.807, 2.05) is 6.07 Å². The standard InChI is InChI=1S/C12H16FNO2/c1-15-12-3-2-9(7-11(12)13)6-10-8-14-4-5-16-10/h2-3,7,10,14H,4-6,8H2,1H3/t10-/m1/s1. The van der Waals surface area contributed by atoms with Crippen LogP contribution in [0, 0.1) is 5.82 Å². The van der Waals surface area contributed by atoms with Crippen molar-refractivity contribution in [3.63, 3.8) is 0 Å². The van der Waals surface area contributed by atoms with E-state index in [0.717, 1.165) is 31.7 Å². The summed E-state index contributed by atoms with van der Waals surface area (Å²) in [4.78, 5) is 0. The number of rotatable bonds is 3. The third-order valence-corrected chi connectivity index (χ3v) is 2.68. The molecule has 0 radical (unpaired) electrons. The van der Waals surface area contributed by atoms with Crippen molar-refractivity contribution in [1.82, 2.24) is 5.32 Å². The summed E-state index contributed by atoms with van der Waals surface area (Å²) < 4.78 is 23.9. The van der Waals surface area contributed by atoms with Gasteiger partial charge in [-0.05, 0) is 24.1 Å². The Morgan fingerprint density at radius 3 is 3.06 bits per heavy atom. The van der Waals surface area contributed by atoms with Gasteiger partial charge >= 0.3 is 0 Å². The second-order valence-corrected chi connectivity index (χ2v) is 3.87.